The SMILES string of the molecule is Cc1sc(-c2ccccc2)cc1-c1sc(=O)sc1-c1cc(-c2ccccc2)sc1C. The summed E-state index contributed by atoms with van der Waals surface area (Å²) in [5.41, 5.74) is 4.81. The molecule has 0 saturated carbocycles. The summed E-state index contributed by atoms with van der Waals surface area (Å²) in [6.07, 6.45) is 0. The van der Waals surface area contributed by atoms with Gasteiger partial charge in [-0.15, -0.1) is 22.7 Å². The normalized spacial score (nSPS) is 11.1. The van der Waals surface area contributed by atoms with E-state index in [-0.39, 0.29) is 4.06 Å². The Morgan fingerprint density at radius 2 is 0.967 bits per heavy atom. The van der Waals surface area contributed by atoms with Crippen molar-refractivity contribution in [3.05, 3.63) is 91.4 Å². The van der Waals surface area contributed by atoms with Crippen LogP contribution in [0.25, 0.3) is 41.8 Å². The number of rotatable bonds is 4. The zero-order chi connectivity index (χ0) is 20.7. The predicted octanol–water partition coefficient (Wildman–Crippen LogP) is 8.58. The van der Waals surface area contributed by atoms with Crippen molar-refractivity contribution in [2.24, 2.45) is 0 Å². The maximum atomic E-state index is 12.5. The topological polar surface area (TPSA) is 17.1 Å². The summed E-state index contributed by atoms with van der Waals surface area (Å²) >= 11 is 6.33. The van der Waals surface area contributed by atoms with E-state index >= 15 is 0 Å². The van der Waals surface area contributed by atoms with Crippen LogP contribution >= 0.6 is 45.3 Å². The minimum atomic E-state index is 0.152. The van der Waals surface area contributed by atoms with Crippen molar-refractivity contribution in [1.29, 1.82) is 0 Å². The van der Waals surface area contributed by atoms with Gasteiger partial charge in [-0.05, 0) is 37.1 Å². The van der Waals surface area contributed by atoms with Crippen LogP contribution < -0.4 is 4.06 Å². The van der Waals surface area contributed by atoms with Crippen LogP contribution in [-0.2, 0) is 0 Å². The summed E-state index contributed by atoms with van der Waals surface area (Å²) < 4.78 is 0.152. The molecule has 0 radical (unpaired) electrons. The summed E-state index contributed by atoms with van der Waals surface area (Å²) in [5, 5.41) is 0. The first-order valence-electron chi connectivity index (χ1n) is 9.56. The molecule has 1 nitrogen and oxygen atoms in total. The van der Waals surface area contributed by atoms with E-state index in [0.29, 0.717) is 0 Å². The van der Waals surface area contributed by atoms with Gasteiger partial charge in [0.15, 0.2) is 0 Å². The van der Waals surface area contributed by atoms with Crippen LogP contribution in [0.3, 0.4) is 0 Å². The summed E-state index contributed by atoms with van der Waals surface area (Å²) in [6, 6.07) is 25.4. The molecule has 3 heterocycles. The lowest BCUT2D eigenvalue weighted by atomic mass is 10.1. The van der Waals surface area contributed by atoms with E-state index in [2.05, 4.69) is 74.5 Å². The number of thiophene rings is 2. The van der Waals surface area contributed by atoms with Crippen LogP contribution in [0.4, 0.5) is 0 Å². The van der Waals surface area contributed by atoms with Gasteiger partial charge in [0.05, 0.1) is 9.75 Å². The average Bonchev–Trinajstić information content (AvgIpc) is 3.45. The van der Waals surface area contributed by atoms with Crippen molar-refractivity contribution >= 4 is 45.3 Å². The first kappa shape index (κ1) is 19.6. The van der Waals surface area contributed by atoms with Gasteiger partial charge >= 0.3 is 0 Å². The fourth-order valence-electron chi connectivity index (χ4n) is 3.54. The molecule has 0 saturated heterocycles. The van der Waals surface area contributed by atoms with Crippen molar-refractivity contribution in [2.45, 2.75) is 13.8 Å². The van der Waals surface area contributed by atoms with E-state index in [1.807, 2.05) is 12.1 Å². The van der Waals surface area contributed by atoms with Crippen LogP contribution in [0.2, 0.25) is 0 Å². The Balaban J connectivity index is 1.63. The van der Waals surface area contributed by atoms with Gasteiger partial charge < -0.3 is 0 Å². The minimum Gasteiger partial charge on any atom is -0.265 e. The molecule has 5 aromatic rings. The van der Waals surface area contributed by atoms with Gasteiger partial charge in [-0.3, -0.25) is 4.79 Å². The molecule has 5 heteroatoms. The van der Waals surface area contributed by atoms with Gasteiger partial charge in [-0.1, -0.05) is 83.3 Å². The van der Waals surface area contributed by atoms with E-state index in [9.17, 15) is 4.79 Å². The lowest BCUT2D eigenvalue weighted by molar-refractivity contribution is 1.61. The average molecular weight is 463 g/mol. The molecule has 0 aliphatic rings. The minimum absolute atomic E-state index is 0.152. The molecule has 30 heavy (non-hydrogen) atoms. The smallest absolute Gasteiger partial charge is 0.265 e. The van der Waals surface area contributed by atoms with Crippen molar-refractivity contribution in [1.82, 2.24) is 0 Å². The van der Waals surface area contributed by atoms with E-state index in [4.69, 9.17) is 0 Å². The fourth-order valence-corrected chi connectivity index (χ4v) is 8.03. The van der Waals surface area contributed by atoms with Gasteiger partial charge in [-0.25, -0.2) is 0 Å². The molecule has 3 aromatic heterocycles. The standard InChI is InChI=1S/C25H18OS4/c1-15-19(13-21(27-15)17-9-5-3-6-10-17)23-24(30-25(26)29-23)20-14-22(28-16(20)2)18-11-7-4-8-12-18/h3-14H,1-2H3. The third-order valence-electron chi connectivity index (χ3n) is 5.02. The largest absolute Gasteiger partial charge is 0.288 e. The zero-order valence-electron chi connectivity index (χ0n) is 16.5. The Labute approximate surface area is 191 Å². The Hall–Kier alpha value is -2.31. The van der Waals surface area contributed by atoms with Crippen molar-refractivity contribution in [3.8, 4) is 41.8 Å². The molecule has 5 rings (SSSR count). The molecule has 0 spiro atoms. The summed E-state index contributed by atoms with van der Waals surface area (Å²) in [5.74, 6) is 0. The molecule has 0 bridgehead atoms. The van der Waals surface area contributed by atoms with Gasteiger partial charge in [0.2, 0.25) is 0 Å². The van der Waals surface area contributed by atoms with Crippen molar-refractivity contribution in [2.75, 3.05) is 0 Å². The quantitative estimate of drug-likeness (QED) is 0.261. The molecule has 0 amide bonds. The van der Waals surface area contributed by atoms with E-state index in [0.717, 1.165) is 9.75 Å². The number of hydrogen-bond donors (Lipinski definition) is 0. The monoisotopic (exact) mass is 462 g/mol. The summed E-state index contributed by atoms with van der Waals surface area (Å²) in [7, 11) is 0. The van der Waals surface area contributed by atoms with Gasteiger partial charge in [0.1, 0.15) is 0 Å². The van der Waals surface area contributed by atoms with Crippen LogP contribution in [0.1, 0.15) is 9.75 Å². The highest BCUT2D eigenvalue weighted by Crippen LogP contribution is 2.47. The molecular formula is C25H18OS4. The number of aryl methyl sites for hydroxylation is 2. The van der Waals surface area contributed by atoms with Crippen molar-refractivity contribution < 1.29 is 0 Å². The van der Waals surface area contributed by atoms with Crippen LogP contribution in [0.15, 0.2) is 77.6 Å². The molecule has 0 atom stereocenters. The third kappa shape index (κ3) is 3.63. The third-order valence-corrected chi connectivity index (χ3v) is 9.44. The van der Waals surface area contributed by atoms with Crippen LogP contribution in [0.5, 0.6) is 0 Å². The van der Waals surface area contributed by atoms with E-state index in [1.54, 1.807) is 22.7 Å². The van der Waals surface area contributed by atoms with Crippen LogP contribution in [-0.4, -0.2) is 0 Å². The lowest BCUT2D eigenvalue weighted by Crippen LogP contribution is -1.77. The maximum absolute atomic E-state index is 12.5. The lowest BCUT2D eigenvalue weighted by Gasteiger charge is -2.02. The molecule has 0 fully saturated rings. The molecular weight excluding hydrogens is 445 g/mol. The molecule has 2 aromatic carbocycles. The fraction of sp³-hybridized carbons (Fsp3) is 0.0800. The van der Waals surface area contributed by atoms with Gasteiger partial charge in [0.25, 0.3) is 4.06 Å². The maximum Gasteiger partial charge on any atom is 0.288 e. The summed E-state index contributed by atoms with van der Waals surface area (Å²) in [4.78, 5) is 19.7. The summed E-state index contributed by atoms with van der Waals surface area (Å²) in [6.45, 7) is 4.31. The highest BCUT2D eigenvalue weighted by molar-refractivity contribution is 7.32. The second kappa shape index (κ2) is 8.08. The van der Waals surface area contributed by atoms with Crippen molar-refractivity contribution in [3.63, 3.8) is 0 Å². The predicted molar refractivity (Wildman–Crippen MR) is 135 cm³/mol. The Morgan fingerprint density at radius 3 is 1.37 bits per heavy atom. The molecule has 148 valence electrons. The Morgan fingerprint density at radius 1 is 0.567 bits per heavy atom. The van der Waals surface area contributed by atoms with E-state index in [1.165, 1.54) is 64.4 Å². The van der Waals surface area contributed by atoms with Crippen LogP contribution in [0, 0.1) is 13.8 Å². The molecule has 0 unspecified atom stereocenters. The first-order valence-corrected chi connectivity index (χ1v) is 12.8. The Bertz CT molecular complexity index is 1260. The molecule has 0 aliphatic heterocycles. The second-order valence-corrected chi connectivity index (χ2v) is 11.7. The second-order valence-electron chi connectivity index (χ2n) is 7.01. The molecule has 0 aliphatic carbocycles. The molecule has 0 N–H and O–H groups in total. The Kier molecular flexibility index (Phi) is 5.29. The first-order chi connectivity index (χ1) is 14.6. The van der Waals surface area contributed by atoms with E-state index < -0.39 is 0 Å². The number of benzene rings is 2. The number of hydrogen-bond acceptors (Lipinski definition) is 5. The van der Waals surface area contributed by atoms with Gasteiger partial charge in [0, 0.05) is 30.6 Å². The highest BCUT2D eigenvalue weighted by Gasteiger charge is 2.20. The zero-order valence-corrected chi connectivity index (χ0v) is 19.7. The highest BCUT2D eigenvalue weighted by atomic mass is 32.2. The van der Waals surface area contributed by atoms with Gasteiger partial charge in [-0.2, -0.15) is 0 Å².